The van der Waals surface area contributed by atoms with E-state index >= 15 is 0 Å². The Morgan fingerprint density at radius 1 is 1.45 bits per heavy atom. The van der Waals surface area contributed by atoms with Crippen LogP contribution in [-0.4, -0.2) is 12.2 Å². The van der Waals surface area contributed by atoms with Crippen LogP contribution < -0.4 is 0 Å². The van der Waals surface area contributed by atoms with Crippen LogP contribution in [0, 0.1) is 12.5 Å². The fourth-order valence-electron chi connectivity index (χ4n) is 1.84. The van der Waals surface area contributed by atoms with Crippen molar-refractivity contribution in [3.63, 3.8) is 0 Å². The first-order valence-electron chi connectivity index (χ1n) is 4.26. The largest absolute Gasteiger partial charge is 0.313 e. The first-order chi connectivity index (χ1) is 5.25. The Balaban J connectivity index is 2.53. The van der Waals surface area contributed by atoms with Crippen molar-refractivity contribution in [1.29, 1.82) is 0 Å². The lowest BCUT2D eigenvalue weighted by atomic mass is 9.82. The number of nitrogens with zero attached hydrogens (tertiary/aromatic N) is 1. The Morgan fingerprint density at radius 2 is 2.09 bits per heavy atom. The summed E-state index contributed by atoms with van der Waals surface area (Å²) in [7, 11) is 0. The number of alkyl halides is 1. The summed E-state index contributed by atoms with van der Waals surface area (Å²) in [6.07, 6.45) is 3.23. The Labute approximate surface area is 67.4 Å². The van der Waals surface area contributed by atoms with Gasteiger partial charge in [0.15, 0.2) is 0 Å². The molecule has 0 aromatic heterocycles. The summed E-state index contributed by atoms with van der Waals surface area (Å²) < 4.78 is 12.9. The molecule has 1 rings (SSSR count). The van der Waals surface area contributed by atoms with Gasteiger partial charge in [-0.15, -0.1) is 0 Å². The topological polar surface area (TPSA) is 4.36 Å². The van der Waals surface area contributed by atoms with Crippen LogP contribution in [0.1, 0.15) is 32.6 Å². The van der Waals surface area contributed by atoms with Crippen molar-refractivity contribution >= 4 is 0 Å². The first kappa shape index (κ1) is 8.52. The molecule has 62 valence electrons. The average molecular weight is 155 g/mol. The molecule has 3 atom stereocenters. The van der Waals surface area contributed by atoms with Gasteiger partial charge in [0.25, 0.3) is 0 Å². The number of hydrogen-bond donors (Lipinski definition) is 0. The highest BCUT2D eigenvalue weighted by molar-refractivity contribution is 4.91. The molecule has 0 aromatic carbocycles. The number of halogens is 1. The molecule has 0 spiro atoms. The zero-order valence-corrected chi connectivity index (χ0v) is 6.89. The maximum atomic E-state index is 12.9. The summed E-state index contributed by atoms with van der Waals surface area (Å²) in [4.78, 5) is 3.46. The first-order valence-corrected chi connectivity index (χ1v) is 4.26. The van der Waals surface area contributed by atoms with Crippen molar-refractivity contribution in [3.05, 3.63) is 11.4 Å². The highest BCUT2D eigenvalue weighted by atomic mass is 19.1. The molecule has 1 nitrogen and oxygen atoms in total. The SMILES string of the molecule is [C-]#[N+]C1CCCCC1C(C)F. The van der Waals surface area contributed by atoms with Crippen LogP contribution in [0.5, 0.6) is 0 Å². The van der Waals surface area contributed by atoms with Gasteiger partial charge in [0.05, 0.1) is 5.92 Å². The molecule has 0 aromatic rings. The molecule has 0 aliphatic heterocycles. The normalized spacial score (nSPS) is 34.3. The molecule has 1 saturated carbocycles. The lowest BCUT2D eigenvalue weighted by molar-refractivity contribution is 0.189. The van der Waals surface area contributed by atoms with Crippen molar-refractivity contribution in [2.24, 2.45) is 5.92 Å². The fraction of sp³-hybridized carbons (Fsp3) is 0.889. The molecule has 3 unspecified atom stereocenters. The molecular weight excluding hydrogens is 141 g/mol. The maximum absolute atomic E-state index is 12.9. The summed E-state index contributed by atoms with van der Waals surface area (Å²) in [6, 6.07) is -0.0382. The van der Waals surface area contributed by atoms with Crippen molar-refractivity contribution in [1.82, 2.24) is 0 Å². The van der Waals surface area contributed by atoms with Gasteiger partial charge < -0.3 is 4.85 Å². The molecule has 0 radical (unpaired) electrons. The van der Waals surface area contributed by atoms with Crippen molar-refractivity contribution in [3.8, 4) is 0 Å². The second kappa shape index (κ2) is 3.71. The highest BCUT2D eigenvalue weighted by Crippen LogP contribution is 2.30. The predicted molar refractivity (Wildman–Crippen MR) is 42.9 cm³/mol. The average Bonchev–Trinajstić information content (AvgIpc) is 2.04. The molecule has 11 heavy (non-hydrogen) atoms. The fourth-order valence-corrected chi connectivity index (χ4v) is 1.84. The van der Waals surface area contributed by atoms with Gasteiger partial charge in [-0.1, -0.05) is 6.42 Å². The summed E-state index contributed by atoms with van der Waals surface area (Å²) in [5.74, 6) is 0.0150. The molecule has 1 aliphatic rings. The van der Waals surface area contributed by atoms with E-state index in [4.69, 9.17) is 6.57 Å². The lowest BCUT2D eigenvalue weighted by Crippen LogP contribution is -2.28. The smallest absolute Gasteiger partial charge is 0.229 e. The van der Waals surface area contributed by atoms with Gasteiger partial charge >= 0.3 is 0 Å². The molecule has 1 fully saturated rings. The molecule has 0 heterocycles. The summed E-state index contributed by atoms with van der Waals surface area (Å²) >= 11 is 0. The summed E-state index contributed by atoms with van der Waals surface area (Å²) in [6.45, 7) is 8.46. The van der Waals surface area contributed by atoms with Crippen LogP contribution >= 0.6 is 0 Å². The second-order valence-corrected chi connectivity index (χ2v) is 3.32. The van der Waals surface area contributed by atoms with Crippen LogP contribution in [0.2, 0.25) is 0 Å². The monoisotopic (exact) mass is 155 g/mol. The Morgan fingerprint density at radius 3 is 2.55 bits per heavy atom. The van der Waals surface area contributed by atoms with Gasteiger partial charge in [0, 0.05) is 6.42 Å². The van der Waals surface area contributed by atoms with Gasteiger partial charge in [-0.2, -0.15) is 0 Å². The van der Waals surface area contributed by atoms with Gasteiger partial charge in [-0.3, -0.25) is 0 Å². The quantitative estimate of drug-likeness (QED) is 0.513. The Kier molecular flexibility index (Phi) is 2.87. The molecule has 1 aliphatic carbocycles. The van der Waals surface area contributed by atoms with Crippen molar-refractivity contribution in [2.75, 3.05) is 0 Å². The van der Waals surface area contributed by atoms with Crippen molar-refractivity contribution < 1.29 is 4.39 Å². The molecule has 0 amide bonds. The third kappa shape index (κ3) is 1.92. The van der Waals surface area contributed by atoms with Crippen LogP contribution in [0.3, 0.4) is 0 Å². The standard InChI is InChI=1S/C9H14FN/c1-7(10)8-5-3-4-6-9(8)11-2/h7-9H,3-6H2,1H3. The minimum atomic E-state index is -0.797. The van der Waals surface area contributed by atoms with Crippen molar-refractivity contribution in [2.45, 2.75) is 44.8 Å². The van der Waals surface area contributed by atoms with Gasteiger partial charge in [-0.05, 0) is 19.8 Å². The number of hydrogen-bond acceptors (Lipinski definition) is 0. The predicted octanol–water partition coefficient (Wildman–Crippen LogP) is 2.82. The van der Waals surface area contributed by atoms with E-state index in [1.54, 1.807) is 6.92 Å². The van der Waals surface area contributed by atoms with E-state index in [0.717, 1.165) is 25.7 Å². The zero-order valence-electron chi connectivity index (χ0n) is 6.89. The van der Waals surface area contributed by atoms with E-state index < -0.39 is 6.17 Å². The molecule has 2 heteroatoms. The van der Waals surface area contributed by atoms with E-state index in [1.807, 2.05) is 0 Å². The van der Waals surface area contributed by atoms with E-state index in [0.29, 0.717) is 0 Å². The molecule has 0 N–H and O–H groups in total. The van der Waals surface area contributed by atoms with Gasteiger partial charge in [0.2, 0.25) is 6.04 Å². The van der Waals surface area contributed by atoms with Crippen LogP contribution in [-0.2, 0) is 0 Å². The van der Waals surface area contributed by atoms with E-state index in [1.165, 1.54) is 0 Å². The van der Waals surface area contributed by atoms with E-state index in [2.05, 4.69) is 4.85 Å². The van der Waals surface area contributed by atoms with Crippen LogP contribution in [0.15, 0.2) is 0 Å². The minimum absolute atomic E-state index is 0.0150. The Hall–Kier alpha value is -0.580. The second-order valence-electron chi connectivity index (χ2n) is 3.32. The lowest BCUT2D eigenvalue weighted by Gasteiger charge is -2.23. The minimum Gasteiger partial charge on any atom is -0.313 e. The highest BCUT2D eigenvalue weighted by Gasteiger charge is 2.33. The van der Waals surface area contributed by atoms with Crippen LogP contribution in [0.25, 0.3) is 4.85 Å². The summed E-state index contributed by atoms with van der Waals surface area (Å²) in [5, 5.41) is 0. The zero-order chi connectivity index (χ0) is 8.27. The van der Waals surface area contributed by atoms with Gasteiger partial charge in [-0.25, -0.2) is 11.0 Å². The third-order valence-electron chi connectivity index (χ3n) is 2.54. The third-order valence-corrected chi connectivity index (χ3v) is 2.54. The number of rotatable bonds is 1. The molecule has 0 saturated heterocycles. The molecule has 0 bridgehead atoms. The van der Waals surface area contributed by atoms with E-state index in [9.17, 15) is 4.39 Å². The Bertz CT molecular complexity index is 159. The maximum Gasteiger partial charge on any atom is 0.229 e. The van der Waals surface area contributed by atoms with Gasteiger partial charge in [0.1, 0.15) is 6.17 Å². The summed E-state index contributed by atoms with van der Waals surface area (Å²) in [5.41, 5.74) is 0. The van der Waals surface area contributed by atoms with E-state index in [-0.39, 0.29) is 12.0 Å². The molecular formula is C9H14FN. The van der Waals surface area contributed by atoms with Crippen LogP contribution in [0.4, 0.5) is 4.39 Å².